The number of amides is 1. The molecule has 0 bridgehead atoms. The summed E-state index contributed by atoms with van der Waals surface area (Å²) in [5.41, 5.74) is 1.90. The number of carbonyl (C=O) groups is 2. The van der Waals surface area contributed by atoms with Crippen LogP contribution in [-0.2, 0) is 22.4 Å². The van der Waals surface area contributed by atoms with Gasteiger partial charge < -0.3 is 20.2 Å². The van der Waals surface area contributed by atoms with Crippen molar-refractivity contribution in [2.75, 3.05) is 0 Å². The smallest absolute Gasteiger partial charge is 0.270 e. The molecule has 0 saturated carbocycles. The van der Waals surface area contributed by atoms with E-state index in [0.29, 0.717) is 11.0 Å². The van der Waals surface area contributed by atoms with Crippen LogP contribution < -0.4 is 16.0 Å². The number of nitrogens with one attached hydrogen (secondary N) is 2. The summed E-state index contributed by atoms with van der Waals surface area (Å²) in [5, 5.41) is 13.8. The van der Waals surface area contributed by atoms with Gasteiger partial charge in [-0.05, 0) is 24.1 Å². The molecule has 0 radical (unpaired) electrons. The highest BCUT2D eigenvalue weighted by Gasteiger charge is 2.15. The van der Waals surface area contributed by atoms with Crippen molar-refractivity contribution in [3.05, 3.63) is 76.2 Å². The molecule has 0 fully saturated rings. The predicted octanol–water partition coefficient (Wildman–Crippen LogP) is 0.333. The van der Waals surface area contributed by atoms with Crippen LogP contribution in [0.4, 0.5) is 0 Å². The minimum atomic E-state index is -1.35. The Balaban J connectivity index is 1.63. The number of hydrogen-bond acceptors (Lipinski definition) is 5. The van der Waals surface area contributed by atoms with Crippen LogP contribution in [0.2, 0.25) is 0 Å². The summed E-state index contributed by atoms with van der Waals surface area (Å²) in [6.07, 6.45) is 0.188. The average molecular weight is 364 g/mol. The fourth-order valence-corrected chi connectivity index (χ4v) is 2.78. The van der Waals surface area contributed by atoms with Gasteiger partial charge in [0.15, 0.2) is 0 Å². The molecule has 1 atom stereocenters. The third kappa shape index (κ3) is 4.78. The lowest BCUT2D eigenvalue weighted by Crippen LogP contribution is -2.49. The van der Waals surface area contributed by atoms with E-state index in [-0.39, 0.29) is 30.5 Å². The van der Waals surface area contributed by atoms with Crippen molar-refractivity contribution in [3.8, 4) is 0 Å². The Bertz CT molecular complexity index is 1010. The number of para-hydroxylation sites is 2. The van der Waals surface area contributed by atoms with Crippen LogP contribution in [0.15, 0.2) is 59.4 Å². The average Bonchev–Trinajstić information content (AvgIpc) is 2.66. The molecular formula is C20H18N3O4-. The number of aliphatic carboxylic acids is 1. The van der Waals surface area contributed by atoms with E-state index in [1.807, 2.05) is 6.07 Å². The van der Waals surface area contributed by atoms with E-state index >= 15 is 0 Å². The molecule has 2 N–H and O–H groups in total. The van der Waals surface area contributed by atoms with Gasteiger partial charge in [0, 0.05) is 12.8 Å². The number of benzene rings is 2. The standard InChI is InChI=1S/C20H19N3O4/c24-18(22-17(20(26)27)12-13-6-2-1-3-7-13)11-10-16-19(25)23-15-9-5-4-8-14(15)21-16/h1-9,17H,10-12H2,(H,22,24)(H,23,25)(H,26,27)/p-1/t17-/m0/s1. The maximum absolute atomic E-state index is 12.2. The number of carboxylic acids is 1. The largest absolute Gasteiger partial charge is 0.548 e. The minimum Gasteiger partial charge on any atom is -0.548 e. The second-order valence-electron chi connectivity index (χ2n) is 6.16. The Hall–Kier alpha value is -3.48. The summed E-state index contributed by atoms with van der Waals surface area (Å²) in [5.74, 6) is -1.83. The van der Waals surface area contributed by atoms with Crippen molar-refractivity contribution in [1.29, 1.82) is 0 Å². The Morgan fingerprint density at radius 2 is 1.78 bits per heavy atom. The second-order valence-corrected chi connectivity index (χ2v) is 6.16. The van der Waals surface area contributed by atoms with Crippen LogP contribution in [-0.4, -0.2) is 27.9 Å². The Morgan fingerprint density at radius 3 is 2.52 bits per heavy atom. The van der Waals surface area contributed by atoms with Crippen molar-refractivity contribution in [1.82, 2.24) is 15.3 Å². The number of carbonyl (C=O) groups excluding carboxylic acids is 2. The molecule has 0 unspecified atom stereocenters. The van der Waals surface area contributed by atoms with Crippen molar-refractivity contribution < 1.29 is 14.7 Å². The van der Waals surface area contributed by atoms with Crippen LogP contribution in [0, 0.1) is 0 Å². The van der Waals surface area contributed by atoms with Gasteiger partial charge >= 0.3 is 0 Å². The number of fused-ring (bicyclic) bond motifs is 1. The molecule has 2 aromatic carbocycles. The molecule has 1 aromatic heterocycles. The molecule has 3 aromatic rings. The first-order valence-corrected chi connectivity index (χ1v) is 8.55. The second kappa shape index (κ2) is 8.27. The van der Waals surface area contributed by atoms with Gasteiger partial charge in [0.25, 0.3) is 5.56 Å². The molecule has 1 heterocycles. The molecule has 7 heteroatoms. The first-order valence-electron chi connectivity index (χ1n) is 8.55. The summed E-state index contributed by atoms with van der Waals surface area (Å²) in [6, 6.07) is 14.9. The third-order valence-corrected chi connectivity index (χ3v) is 4.16. The molecular weight excluding hydrogens is 346 g/mol. The van der Waals surface area contributed by atoms with Gasteiger partial charge in [0.1, 0.15) is 5.69 Å². The third-order valence-electron chi connectivity index (χ3n) is 4.16. The predicted molar refractivity (Wildman–Crippen MR) is 97.8 cm³/mol. The number of carboxylic acid groups (broad SMARTS) is 1. The van der Waals surface area contributed by atoms with E-state index in [4.69, 9.17) is 0 Å². The SMILES string of the molecule is O=C(CCc1nc2ccccc2[nH]c1=O)N[C@@H](Cc1ccccc1)C(=O)[O-]. The molecule has 1 amide bonds. The zero-order valence-electron chi connectivity index (χ0n) is 14.5. The fraction of sp³-hybridized carbons (Fsp3) is 0.200. The first-order chi connectivity index (χ1) is 13.0. The number of nitrogens with zero attached hydrogens (tertiary/aromatic N) is 1. The zero-order valence-corrected chi connectivity index (χ0v) is 14.5. The quantitative estimate of drug-likeness (QED) is 0.627. The van der Waals surface area contributed by atoms with Crippen LogP contribution in [0.1, 0.15) is 17.7 Å². The van der Waals surface area contributed by atoms with Gasteiger partial charge in [-0.1, -0.05) is 42.5 Å². The number of hydrogen-bond donors (Lipinski definition) is 2. The molecule has 138 valence electrons. The highest BCUT2D eigenvalue weighted by molar-refractivity contribution is 5.83. The first kappa shape index (κ1) is 18.3. The number of aryl methyl sites for hydroxylation is 1. The zero-order chi connectivity index (χ0) is 19.2. The normalized spacial score (nSPS) is 11.9. The highest BCUT2D eigenvalue weighted by atomic mass is 16.4. The minimum absolute atomic E-state index is 0.0486. The van der Waals surface area contributed by atoms with Crippen molar-refractivity contribution in [3.63, 3.8) is 0 Å². The monoisotopic (exact) mass is 364 g/mol. The van der Waals surface area contributed by atoms with E-state index in [1.165, 1.54) is 0 Å². The highest BCUT2D eigenvalue weighted by Crippen LogP contribution is 2.07. The number of aromatic nitrogens is 2. The Morgan fingerprint density at radius 1 is 1.07 bits per heavy atom. The maximum atomic E-state index is 12.2. The molecule has 0 aliphatic rings. The van der Waals surface area contributed by atoms with Gasteiger partial charge in [0.05, 0.1) is 23.0 Å². The van der Waals surface area contributed by atoms with Crippen molar-refractivity contribution in [2.45, 2.75) is 25.3 Å². The van der Waals surface area contributed by atoms with Gasteiger partial charge in [0.2, 0.25) is 5.91 Å². The van der Waals surface area contributed by atoms with Gasteiger partial charge in [-0.15, -0.1) is 0 Å². The van der Waals surface area contributed by atoms with Crippen LogP contribution in [0.5, 0.6) is 0 Å². The topological polar surface area (TPSA) is 115 Å². The fourth-order valence-electron chi connectivity index (χ4n) is 2.78. The molecule has 3 rings (SSSR count). The van der Waals surface area contributed by atoms with Gasteiger partial charge in [-0.25, -0.2) is 4.98 Å². The lowest BCUT2D eigenvalue weighted by atomic mass is 10.1. The molecule has 27 heavy (non-hydrogen) atoms. The van der Waals surface area contributed by atoms with E-state index in [0.717, 1.165) is 5.56 Å². The molecule has 0 saturated heterocycles. The summed E-state index contributed by atoms with van der Waals surface area (Å²) in [6.45, 7) is 0. The van der Waals surface area contributed by atoms with Crippen molar-refractivity contribution >= 4 is 22.9 Å². The van der Waals surface area contributed by atoms with Gasteiger partial charge in [-0.3, -0.25) is 9.59 Å². The van der Waals surface area contributed by atoms with E-state index in [9.17, 15) is 19.5 Å². The Labute approximate surface area is 155 Å². The summed E-state index contributed by atoms with van der Waals surface area (Å²) in [7, 11) is 0. The number of rotatable bonds is 7. The molecule has 0 aliphatic heterocycles. The van der Waals surface area contributed by atoms with Crippen LogP contribution >= 0.6 is 0 Å². The van der Waals surface area contributed by atoms with Gasteiger partial charge in [-0.2, -0.15) is 0 Å². The lowest BCUT2D eigenvalue weighted by molar-refractivity contribution is -0.308. The summed E-state index contributed by atoms with van der Waals surface area (Å²) in [4.78, 5) is 42.5. The molecule has 0 spiro atoms. The van der Waals surface area contributed by atoms with E-state index in [1.54, 1.807) is 48.5 Å². The number of aromatic amines is 1. The van der Waals surface area contributed by atoms with E-state index in [2.05, 4.69) is 15.3 Å². The Kier molecular flexibility index (Phi) is 5.61. The summed E-state index contributed by atoms with van der Waals surface area (Å²) >= 11 is 0. The van der Waals surface area contributed by atoms with Crippen molar-refractivity contribution in [2.24, 2.45) is 0 Å². The summed E-state index contributed by atoms with van der Waals surface area (Å²) < 4.78 is 0. The maximum Gasteiger partial charge on any atom is 0.270 e. The molecule has 0 aliphatic carbocycles. The van der Waals surface area contributed by atoms with Crippen LogP contribution in [0.3, 0.4) is 0 Å². The lowest BCUT2D eigenvalue weighted by Gasteiger charge is -2.19. The van der Waals surface area contributed by atoms with Crippen LogP contribution in [0.25, 0.3) is 11.0 Å². The number of H-pyrrole nitrogens is 1. The molecule has 7 nitrogen and oxygen atoms in total. The van der Waals surface area contributed by atoms with E-state index < -0.39 is 17.9 Å².